The van der Waals surface area contributed by atoms with Crippen molar-refractivity contribution in [2.75, 3.05) is 13.2 Å². The topological polar surface area (TPSA) is 64.6 Å². The van der Waals surface area contributed by atoms with Gasteiger partial charge in [0.2, 0.25) is 0 Å². The summed E-state index contributed by atoms with van der Waals surface area (Å²) < 4.78 is 10.3. The molecule has 0 heterocycles. The maximum Gasteiger partial charge on any atom is 0.344 e. The van der Waals surface area contributed by atoms with Gasteiger partial charge in [-0.2, -0.15) is 0 Å². The third kappa shape index (κ3) is 5.07. The molecule has 1 amide bonds. The third-order valence-electron chi connectivity index (χ3n) is 4.13. The van der Waals surface area contributed by atoms with Crippen LogP contribution in [0.3, 0.4) is 0 Å². The second kappa shape index (κ2) is 8.85. The number of amides is 1. The first-order valence-electron chi connectivity index (χ1n) is 8.74. The quantitative estimate of drug-likeness (QED) is 0.651. The summed E-state index contributed by atoms with van der Waals surface area (Å²) in [5, 5.41) is 5.06. The molecule has 0 unspecified atom stereocenters. The lowest BCUT2D eigenvalue weighted by atomic mass is 10.00. The van der Waals surface area contributed by atoms with Crippen LogP contribution in [0.15, 0.2) is 72.8 Å². The van der Waals surface area contributed by atoms with E-state index in [1.807, 2.05) is 67.6 Å². The number of carbonyl (C=O) groups is 2. The number of ether oxygens (including phenoxy) is 2. The van der Waals surface area contributed by atoms with Gasteiger partial charge in [0.15, 0.2) is 13.2 Å². The lowest BCUT2D eigenvalue weighted by molar-refractivity contribution is -0.150. The molecule has 0 bridgehead atoms. The number of esters is 1. The Labute approximate surface area is 157 Å². The molecule has 0 aliphatic rings. The van der Waals surface area contributed by atoms with Gasteiger partial charge in [0.1, 0.15) is 5.75 Å². The van der Waals surface area contributed by atoms with Crippen molar-refractivity contribution >= 4 is 22.6 Å². The van der Waals surface area contributed by atoms with Gasteiger partial charge in [-0.1, -0.05) is 60.7 Å². The standard InChI is InChI=1S/C22H21NO4/c1-16(19-13-7-9-17-8-5-6-12-20(17)19)23-21(24)14-27-22(25)15-26-18-10-3-2-4-11-18/h2-13,16H,14-15H2,1H3,(H,23,24)/t16-/m0/s1. The maximum atomic E-state index is 12.1. The van der Waals surface area contributed by atoms with Crippen LogP contribution in [0.25, 0.3) is 10.8 Å². The number of hydrogen-bond donors (Lipinski definition) is 1. The number of para-hydroxylation sites is 1. The van der Waals surface area contributed by atoms with E-state index >= 15 is 0 Å². The molecule has 0 fully saturated rings. The molecule has 0 saturated carbocycles. The fraction of sp³-hybridized carbons (Fsp3) is 0.182. The van der Waals surface area contributed by atoms with Crippen LogP contribution >= 0.6 is 0 Å². The lowest BCUT2D eigenvalue weighted by Crippen LogP contribution is -2.32. The molecule has 27 heavy (non-hydrogen) atoms. The van der Waals surface area contributed by atoms with Crippen LogP contribution in [0.2, 0.25) is 0 Å². The molecule has 1 atom stereocenters. The van der Waals surface area contributed by atoms with Crippen molar-refractivity contribution in [3.8, 4) is 5.75 Å². The molecule has 0 aliphatic heterocycles. The van der Waals surface area contributed by atoms with Crippen molar-refractivity contribution in [3.63, 3.8) is 0 Å². The highest BCUT2D eigenvalue weighted by molar-refractivity contribution is 5.87. The lowest BCUT2D eigenvalue weighted by Gasteiger charge is -2.16. The van der Waals surface area contributed by atoms with Gasteiger partial charge in [-0.15, -0.1) is 0 Å². The van der Waals surface area contributed by atoms with Crippen molar-refractivity contribution in [1.82, 2.24) is 5.32 Å². The first kappa shape index (κ1) is 18.5. The summed E-state index contributed by atoms with van der Waals surface area (Å²) in [6.07, 6.45) is 0. The van der Waals surface area contributed by atoms with E-state index in [2.05, 4.69) is 5.32 Å². The average molecular weight is 363 g/mol. The van der Waals surface area contributed by atoms with E-state index in [-0.39, 0.29) is 25.2 Å². The molecular formula is C22H21NO4. The zero-order valence-electron chi connectivity index (χ0n) is 15.1. The molecule has 3 rings (SSSR count). The maximum absolute atomic E-state index is 12.1. The van der Waals surface area contributed by atoms with E-state index < -0.39 is 5.97 Å². The van der Waals surface area contributed by atoms with E-state index in [1.165, 1.54) is 0 Å². The van der Waals surface area contributed by atoms with Gasteiger partial charge in [0.05, 0.1) is 6.04 Å². The number of rotatable bonds is 7. The summed E-state index contributed by atoms with van der Waals surface area (Å²) in [5.74, 6) is -0.376. The molecule has 0 aliphatic carbocycles. The number of fused-ring (bicyclic) bond motifs is 1. The van der Waals surface area contributed by atoms with E-state index in [9.17, 15) is 9.59 Å². The zero-order valence-corrected chi connectivity index (χ0v) is 15.1. The van der Waals surface area contributed by atoms with Crippen molar-refractivity contribution in [1.29, 1.82) is 0 Å². The summed E-state index contributed by atoms with van der Waals surface area (Å²) in [6, 6.07) is 22.7. The second-order valence-electron chi connectivity index (χ2n) is 6.12. The molecule has 3 aromatic carbocycles. The second-order valence-corrected chi connectivity index (χ2v) is 6.12. The monoisotopic (exact) mass is 363 g/mol. The van der Waals surface area contributed by atoms with Gasteiger partial charge in [0, 0.05) is 0 Å². The molecule has 0 saturated heterocycles. The third-order valence-corrected chi connectivity index (χ3v) is 4.13. The van der Waals surface area contributed by atoms with Crippen LogP contribution in [0, 0.1) is 0 Å². The predicted octanol–water partition coefficient (Wildman–Crippen LogP) is 3.64. The summed E-state index contributed by atoms with van der Waals surface area (Å²) in [7, 11) is 0. The first-order chi connectivity index (χ1) is 13.1. The van der Waals surface area contributed by atoms with Gasteiger partial charge < -0.3 is 14.8 Å². The van der Waals surface area contributed by atoms with Crippen LogP contribution in [-0.4, -0.2) is 25.1 Å². The molecule has 0 aromatic heterocycles. The van der Waals surface area contributed by atoms with Crippen LogP contribution in [-0.2, 0) is 14.3 Å². The number of nitrogens with one attached hydrogen (secondary N) is 1. The van der Waals surface area contributed by atoms with Crippen LogP contribution in [0.4, 0.5) is 0 Å². The number of benzene rings is 3. The van der Waals surface area contributed by atoms with Gasteiger partial charge >= 0.3 is 5.97 Å². The van der Waals surface area contributed by atoms with Gasteiger partial charge in [-0.05, 0) is 35.4 Å². The van der Waals surface area contributed by atoms with E-state index in [4.69, 9.17) is 9.47 Å². The van der Waals surface area contributed by atoms with Crippen molar-refractivity contribution < 1.29 is 19.1 Å². The predicted molar refractivity (Wildman–Crippen MR) is 103 cm³/mol. The molecule has 5 heteroatoms. The van der Waals surface area contributed by atoms with Gasteiger partial charge in [-0.25, -0.2) is 4.79 Å². The van der Waals surface area contributed by atoms with Crippen LogP contribution < -0.4 is 10.1 Å². The van der Waals surface area contributed by atoms with Gasteiger partial charge in [0.25, 0.3) is 5.91 Å². The summed E-state index contributed by atoms with van der Waals surface area (Å²) in [6.45, 7) is 1.32. The molecule has 0 radical (unpaired) electrons. The Bertz CT molecular complexity index is 919. The van der Waals surface area contributed by atoms with E-state index in [0.717, 1.165) is 16.3 Å². The fourth-order valence-electron chi connectivity index (χ4n) is 2.84. The largest absolute Gasteiger partial charge is 0.482 e. The SMILES string of the molecule is C[C@H](NC(=O)COC(=O)COc1ccccc1)c1cccc2ccccc12. The highest BCUT2D eigenvalue weighted by atomic mass is 16.6. The minimum absolute atomic E-state index is 0.206. The van der Waals surface area contributed by atoms with Crippen molar-refractivity contribution in [2.24, 2.45) is 0 Å². The minimum atomic E-state index is -0.591. The number of hydrogen-bond acceptors (Lipinski definition) is 4. The molecular weight excluding hydrogens is 342 g/mol. The smallest absolute Gasteiger partial charge is 0.344 e. The van der Waals surface area contributed by atoms with Gasteiger partial charge in [-0.3, -0.25) is 4.79 Å². The summed E-state index contributed by atoms with van der Waals surface area (Å²) in [4.78, 5) is 23.8. The zero-order chi connectivity index (χ0) is 19.1. The Hall–Kier alpha value is -3.34. The van der Waals surface area contributed by atoms with Crippen LogP contribution in [0.1, 0.15) is 18.5 Å². The highest BCUT2D eigenvalue weighted by Crippen LogP contribution is 2.23. The van der Waals surface area contributed by atoms with E-state index in [1.54, 1.807) is 12.1 Å². The van der Waals surface area contributed by atoms with E-state index in [0.29, 0.717) is 5.75 Å². The van der Waals surface area contributed by atoms with Crippen molar-refractivity contribution in [2.45, 2.75) is 13.0 Å². The number of carbonyl (C=O) groups excluding carboxylic acids is 2. The fourth-order valence-corrected chi connectivity index (χ4v) is 2.84. The Morgan fingerprint density at radius 2 is 1.59 bits per heavy atom. The highest BCUT2D eigenvalue weighted by Gasteiger charge is 2.14. The Kier molecular flexibility index (Phi) is 6.05. The first-order valence-corrected chi connectivity index (χ1v) is 8.74. The molecule has 0 spiro atoms. The van der Waals surface area contributed by atoms with Crippen LogP contribution in [0.5, 0.6) is 5.75 Å². The minimum Gasteiger partial charge on any atom is -0.482 e. The molecule has 3 aromatic rings. The Balaban J connectivity index is 1.49. The average Bonchev–Trinajstić information content (AvgIpc) is 2.71. The molecule has 5 nitrogen and oxygen atoms in total. The Morgan fingerprint density at radius 1 is 0.889 bits per heavy atom. The summed E-state index contributed by atoms with van der Waals surface area (Å²) >= 11 is 0. The molecule has 138 valence electrons. The molecule has 1 N–H and O–H groups in total. The van der Waals surface area contributed by atoms with Crippen molar-refractivity contribution in [3.05, 3.63) is 78.4 Å². The Morgan fingerprint density at radius 3 is 2.41 bits per heavy atom. The normalized spacial score (nSPS) is 11.6. The summed E-state index contributed by atoms with van der Waals surface area (Å²) in [5.41, 5.74) is 1.01.